The molecule has 0 saturated heterocycles. The molecule has 0 heterocycles. The van der Waals surface area contributed by atoms with Crippen LogP contribution in [0.25, 0.3) is 0 Å². The maximum absolute atomic E-state index is 11.4. The van der Waals surface area contributed by atoms with E-state index in [1.807, 2.05) is 0 Å². The molecule has 5 atom stereocenters. The van der Waals surface area contributed by atoms with E-state index in [1.165, 1.54) is 25.5 Å². The molecule has 3 aliphatic rings. The molecule has 2 fully saturated rings. The first-order valence-corrected chi connectivity index (χ1v) is 6.71. The summed E-state index contributed by atoms with van der Waals surface area (Å²) in [5, 5.41) is 0. The molecule has 0 aromatic rings. The summed E-state index contributed by atoms with van der Waals surface area (Å²) in [6, 6.07) is 0. The van der Waals surface area contributed by atoms with Crippen LogP contribution in [0.2, 0.25) is 0 Å². The summed E-state index contributed by atoms with van der Waals surface area (Å²) in [5.74, 6) is 2.02. The van der Waals surface area contributed by atoms with Crippen LogP contribution in [0.4, 0.5) is 0 Å². The Kier molecular flexibility index (Phi) is 1.98. The van der Waals surface area contributed by atoms with Crippen LogP contribution in [-0.4, -0.2) is 6.29 Å². The second-order valence-corrected chi connectivity index (χ2v) is 6.61. The lowest BCUT2D eigenvalue weighted by atomic mass is 9.59. The molecule has 0 amide bonds. The van der Waals surface area contributed by atoms with Gasteiger partial charge in [-0.3, -0.25) is 0 Å². The van der Waals surface area contributed by atoms with Crippen LogP contribution >= 0.6 is 0 Å². The van der Waals surface area contributed by atoms with Crippen LogP contribution in [0.1, 0.15) is 46.5 Å². The van der Waals surface area contributed by atoms with Gasteiger partial charge in [-0.25, -0.2) is 0 Å². The van der Waals surface area contributed by atoms with Crippen molar-refractivity contribution in [1.29, 1.82) is 0 Å². The van der Waals surface area contributed by atoms with E-state index in [0.29, 0.717) is 17.3 Å². The Hall–Kier alpha value is -0.590. The molecule has 1 heteroatoms. The van der Waals surface area contributed by atoms with E-state index in [4.69, 9.17) is 0 Å². The van der Waals surface area contributed by atoms with Gasteiger partial charge in [0.15, 0.2) is 0 Å². The molecular formula is C15H22O. The molecule has 0 aromatic heterocycles. The molecule has 1 nitrogen and oxygen atoms in total. The van der Waals surface area contributed by atoms with E-state index in [2.05, 4.69) is 26.8 Å². The van der Waals surface area contributed by atoms with Gasteiger partial charge in [-0.05, 0) is 48.9 Å². The van der Waals surface area contributed by atoms with Gasteiger partial charge in [0.25, 0.3) is 0 Å². The second kappa shape index (κ2) is 3.00. The number of rotatable bonds is 1. The number of hydrogen-bond acceptors (Lipinski definition) is 1. The van der Waals surface area contributed by atoms with Crippen LogP contribution in [0.5, 0.6) is 0 Å². The number of allylic oxidation sites excluding steroid dienone is 2. The van der Waals surface area contributed by atoms with Gasteiger partial charge in [0.2, 0.25) is 0 Å². The molecule has 16 heavy (non-hydrogen) atoms. The Morgan fingerprint density at radius 2 is 2.19 bits per heavy atom. The van der Waals surface area contributed by atoms with E-state index in [9.17, 15) is 4.79 Å². The molecule has 2 saturated carbocycles. The van der Waals surface area contributed by atoms with E-state index < -0.39 is 0 Å². The Morgan fingerprint density at radius 1 is 1.44 bits per heavy atom. The Morgan fingerprint density at radius 3 is 2.88 bits per heavy atom. The summed E-state index contributed by atoms with van der Waals surface area (Å²) in [4.78, 5) is 11.4. The fraction of sp³-hybridized carbons (Fsp3) is 0.800. The largest absolute Gasteiger partial charge is 0.303 e. The average Bonchev–Trinajstić information content (AvgIpc) is 2.89. The van der Waals surface area contributed by atoms with Crippen molar-refractivity contribution in [2.45, 2.75) is 46.5 Å². The number of carbonyl (C=O) groups excluding carboxylic acids is 1. The minimum Gasteiger partial charge on any atom is -0.303 e. The third-order valence-electron chi connectivity index (χ3n) is 6.08. The number of aldehydes is 1. The highest BCUT2D eigenvalue weighted by Gasteiger charge is 2.70. The molecule has 3 aliphatic carbocycles. The van der Waals surface area contributed by atoms with E-state index in [-0.39, 0.29) is 5.41 Å². The van der Waals surface area contributed by atoms with Crippen LogP contribution in [-0.2, 0) is 4.79 Å². The number of carbonyl (C=O) groups is 1. The van der Waals surface area contributed by atoms with E-state index in [0.717, 1.165) is 12.3 Å². The first-order valence-electron chi connectivity index (χ1n) is 6.71. The summed E-state index contributed by atoms with van der Waals surface area (Å²) in [6.45, 7) is 6.99. The Bertz CT molecular complexity index is 370. The smallest absolute Gasteiger partial charge is 0.126 e. The molecule has 0 bridgehead atoms. The quantitative estimate of drug-likeness (QED) is 0.485. The maximum Gasteiger partial charge on any atom is 0.126 e. The minimum atomic E-state index is -0.0153. The maximum atomic E-state index is 11.4. The van der Waals surface area contributed by atoms with Crippen molar-refractivity contribution < 1.29 is 4.79 Å². The highest BCUT2D eigenvalue weighted by molar-refractivity contribution is 5.67. The van der Waals surface area contributed by atoms with Crippen molar-refractivity contribution in [2.24, 2.45) is 28.6 Å². The Labute approximate surface area is 98.3 Å². The third-order valence-corrected chi connectivity index (χ3v) is 6.08. The molecule has 0 aliphatic heterocycles. The highest BCUT2D eigenvalue weighted by Crippen LogP contribution is 2.73. The molecule has 88 valence electrons. The van der Waals surface area contributed by atoms with Crippen molar-refractivity contribution in [1.82, 2.24) is 0 Å². The first-order chi connectivity index (χ1) is 7.55. The molecular weight excluding hydrogens is 196 g/mol. The van der Waals surface area contributed by atoms with Gasteiger partial charge in [0, 0.05) is 5.41 Å². The lowest BCUT2D eigenvalue weighted by Crippen LogP contribution is -2.36. The SMILES string of the molecule is C[C@H]1CCCC2=CC[C@H]3[C@H]([C@]3(C)C=O)[C@@]21C. The molecule has 0 radical (unpaired) electrons. The van der Waals surface area contributed by atoms with Crippen molar-refractivity contribution in [3.8, 4) is 0 Å². The van der Waals surface area contributed by atoms with E-state index >= 15 is 0 Å². The zero-order chi connectivity index (χ0) is 11.6. The van der Waals surface area contributed by atoms with E-state index in [1.54, 1.807) is 5.57 Å². The first kappa shape index (κ1) is 10.6. The monoisotopic (exact) mass is 218 g/mol. The van der Waals surface area contributed by atoms with Crippen molar-refractivity contribution in [3.63, 3.8) is 0 Å². The van der Waals surface area contributed by atoms with Crippen molar-refractivity contribution >= 4 is 6.29 Å². The molecule has 0 aromatic carbocycles. The summed E-state index contributed by atoms with van der Waals surface area (Å²) < 4.78 is 0. The van der Waals surface area contributed by atoms with Gasteiger partial charge in [-0.1, -0.05) is 32.4 Å². The molecule has 0 unspecified atom stereocenters. The van der Waals surface area contributed by atoms with Gasteiger partial charge in [-0.2, -0.15) is 0 Å². The molecule has 0 spiro atoms. The van der Waals surface area contributed by atoms with Gasteiger partial charge in [0.1, 0.15) is 6.29 Å². The average molecular weight is 218 g/mol. The summed E-state index contributed by atoms with van der Waals surface area (Å²) in [6.07, 6.45) is 8.82. The summed E-state index contributed by atoms with van der Waals surface area (Å²) in [7, 11) is 0. The number of fused-ring (bicyclic) bond motifs is 3. The van der Waals surface area contributed by atoms with Gasteiger partial charge < -0.3 is 4.79 Å². The van der Waals surface area contributed by atoms with Crippen LogP contribution in [0, 0.1) is 28.6 Å². The van der Waals surface area contributed by atoms with Gasteiger partial charge in [-0.15, -0.1) is 0 Å². The molecule has 0 N–H and O–H groups in total. The van der Waals surface area contributed by atoms with Crippen molar-refractivity contribution in [3.05, 3.63) is 11.6 Å². The highest BCUT2D eigenvalue weighted by atomic mass is 16.1. The zero-order valence-corrected chi connectivity index (χ0v) is 10.6. The topological polar surface area (TPSA) is 17.1 Å². The minimum absolute atomic E-state index is 0.0153. The normalized spacial score (nSPS) is 54.7. The van der Waals surface area contributed by atoms with Crippen molar-refractivity contribution in [2.75, 3.05) is 0 Å². The van der Waals surface area contributed by atoms with Gasteiger partial charge >= 0.3 is 0 Å². The number of hydrogen-bond donors (Lipinski definition) is 0. The lowest BCUT2D eigenvalue weighted by molar-refractivity contribution is -0.113. The summed E-state index contributed by atoms with van der Waals surface area (Å²) >= 11 is 0. The van der Waals surface area contributed by atoms with Crippen LogP contribution in [0.3, 0.4) is 0 Å². The lowest BCUT2D eigenvalue weighted by Gasteiger charge is -2.45. The van der Waals surface area contributed by atoms with Crippen LogP contribution < -0.4 is 0 Å². The fourth-order valence-corrected chi connectivity index (χ4v) is 4.82. The standard InChI is InChI=1S/C15H22O/c1-10-5-4-6-11-7-8-12-13(15(10,11)3)14(12,2)9-16/h7,9-10,12-13H,4-6,8H2,1-3H3/t10-,12-,13+,14+,15+/m0/s1. The summed E-state index contributed by atoms with van der Waals surface area (Å²) in [5.41, 5.74) is 1.98. The Balaban J connectivity index is 2.03. The zero-order valence-electron chi connectivity index (χ0n) is 10.6. The van der Waals surface area contributed by atoms with Gasteiger partial charge in [0.05, 0.1) is 0 Å². The predicted octanol–water partition coefficient (Wildman–Crippen LogP) is 3.59. The molecule has 3 rings (SSSR count). The predicted molar refractivity (Wildman–Crippen MR) is 65.0 cm³/mol. The third kappa shape index (κ3) is 1.00. The fourth-order valence-electron chi connectivity index (χ4n) is 4.82. The second-order valence-electron chi connectivity index (χ2n) is 6.61. The van der Waals surface area contributed by atoms with Crippen LogP contribution in [0.15, 0.2) is 11.6 Å².